The van der Waals surface area contributed by atoms with Crippen LogP contribution in [0.15, 0.2) is 12.3 Å². The summed E-state index contributed by atoms with van der Waals surface area (Å²) in [6, 6.07) is 1.94. The number of nitrogens with zero attached hydrogens (tertiary/aromatic N) is 3. The van der Waals surface area contributed by atoms with E-state index in [1.54, 1.807) is 6.20 Å². The molecule has 0 amide bonds. The molecule has 2 heterocycles. The van der Waals surface area contributed by atoms with Gasteiger partial charge in [0.1, 0.15) is 0 Å². The highest BCUT2D eigenvalue weighted by Gasteiger charge is 2.19. The second-order valence-corrected chi connectivity index (χ2v) is 4.59. The van der Waals surface area contributed by atoms with Gasteiger partial charge in [0, 0.05) is 6.54 Å². The number of nitrogens with two attached hydrogens (primary N) is 1. The van der Waals surface area contributed by atoms with Gasteiger partial charge in [0.15, 0.2) is 0 Å². The van der Waals surface area contributed by atoms with Gasteiger partial charge in [-0.25, -0.2) is 0 Å². The lowest BCUT2D eigenvalue weighted by molar-refractivity contribution is 0.181. The summed E-state index contributed by atoms with van der Waals surface area (Å²) in [5.74, 6) is 0.713. The zero-order valence-corrected chi connectivity index (χ0v) is 9.89. The molecule has 4 nitrogen and oxygen atoms in total. The highest BCUT2D eigenvalue weighted by Crippen LogP contribution is 2.20. The Hall–Kier alpha value is -1.16. The van der Waals surface area contributed by atoms with Crippen LogP contribution in [0, 0.1) is 5.92 Å². The molecule has 0 aromatic carbocycles. The molecule has 4 heteroatoms. The molecule has 0 radical (unpaired) electrons. The lowest BCUT2D eigenvalue weighted by atomic mass is 9.93. The van der Waals surface area contributed by atoms with Gasteiger partial charge < -0.3 is 10.6 Å². The van der Waals surface area contributed by atoms with Gasteiger partial charge in [-0.1, -0.05) is 6.92 Å². The first-order valence-electron chi connectivity index (χ1n) is 6.07. The average Bonchev–Trinajstić information content (AvgIpc) is 2.29. The van der Waals surface area contributed by atoms with Crippen molar-refractivity contribution in [2.75, 3.05) is 25.4 Å². The van der Waals surface area contributed by atoms with Crippen molar-refractivity contribution < 1.29 is 0 Å². The SMILES string of the molecule is CCN1CCCC(Cc2cc(N)cnn2)C1. The van der Waals surface area contributed by atoms with Crippen molar-refractivity contribution in [1.29, 1.82) is 0 Å². The van der Waals surface area contributed by atoms with Crippen LogP contribution in [0.2, 0.25) is 0 Å². The van der Waals surface area contributed by atoms with Crippen LogP contribution in [0.3, 0.4) is 0 Å². The Morgan fingerprint density at radius 3 is 3.19 bits per heavy atom. The zero-order valence-electron chi connectivity index (χ0n) is 9.89. The maximum absolute atomic E-state index is 5.70. The van der Waals surface area contributed by atoms with Gasteiger partial charge in [0.2, 0.25) is 0 Å². The molecule has 1 saturated heterocycles. The molecule has 2 rings (SSSR count). The monoisotopic (exact) mass is 220 g/mol. The molecule has 1 aromatic heterocycles. The molecule has 1 aromatic rings. The van der Waals surface area contributed by atoms with Gasteiger partial charge >= 0.3 is 0 Å². The van der Waals surface area contributed by atoms with E-state index in [9.17, 15) is 0 Å². The Bertz CT molecular complexity index is 340. The predicted octanol–water partition coefficient (Wildman–Crippen LogP) is 1.33. The largest absolute Gasteiger partial charge is 0.397 e. The summed E-state index contributed by atoms with van der Waals surface area (Å²) in [4.78, 5) is 2.51. The molecule has 88 valence electrons. The Kier molecular flexibility index (Phi) is 3.72. The van der Waals surface area contributed by atoms with E-state index in [0.29, 0.717) is 11.6 Å². The van der Waals surface area contributed by atoms with Gasteiger partial charge in [0.25, 0.3) is 0 Å². The minimum Gasteiger partial charge on any atom is -0.397 e. The van der Waals surface area contributed by atoms with Crippen molar-refractivity contribution in [2.45, 2.75) is 26.2 Å². The maximum atomic E-state index is 5.70. The first kappa shape index (κ1) is 11.3. The third kappa shape index (κ3) is 2.92. The Balaban J connectivity index is 1.94. The highest BCUT2D eigenvalue weighted by molar-refractivity contribution is 5.34. The molecule has 1 aliphatic rings. The summed E-state index contributed by atoms with van der Waals surface area (Å²) in [6.45, 7) is 5.81. The summed E-state index contributed by atoms with van der Waals surface area (Å²) < 4.78 is 0. The van der Waals surface area contributed by atoms with Crippen molar-refractivity contribution >= 4 is 5.69 Å². The van der Waals surface area contributed by atoms with Crippen LogP contribution in [0.4, 0.5) is 5.69 Å². The van der Waals surface area contributed by atoms with Crippen LogP contribution in [-0.4, -0.2) is 34.7 Å². The van der Waals surface area contributed by atoms with Crippen LogP contribution in [0.25, 0.3) is 0 Å². The van der Waals surface area contributed by atoms with E-state index in [-0.39, 0.29) is 0 Å². The molecule has 2 N–H and O–H groups in total. The van der Waals surface area contributed by atoms with Gasteiger partial charge in [-0.3, -0.25) is 0 Å². The van der Waals surface area contributed by atoms with E-state index in [4.69, 9.17) is 5.73 Å². The van der Waals surface area contributed by atoms with Crippen LogP contribution >= 0.6 is 0 Å². The third-order valence-electron chi connectivity index (χ3n) is 3.27. The molecular weight excluding hydrogens is 200 g/mol. The van der Waals surface area contributed by atoms with E-state index in [1.807, 2.05) is 6.07 Å². The van der Waals surface area contributed by atoms with E-state index >= 15 is 0 Å². The third-order valence-corrected chi connectivity index (χ3v) is 3.27. The summed E-state index contributed by atoms with van der Waals surface area (Å²) in [5.41, 5.74) is 7.45. The summed E-state index contributed by atoms with van der Waals surface area (Å²) in [6.07, 6.45) is 5.21. The smallest absolute Gasteiger partial charge is 0.0726 e. The minimum absolute atomic E-state index is 0.713. The Labute approximate surface area is 96.9 Å². The fourth-order valence-electron chi connectivity index (χ4n) is 2.43. The first-order chi connectivity index (χ1) is 7.78. The predicted molar refractivity (Wildman–Crippen MR) is 65.0 cm³/mol. The average molecular weight is 220 g/mol. The maximum Gasteiger partial charge on any atom is 0.0726 e. The van der Waals surface area contributed by atoms with Gasteiger partial charge in [-0.05, 0) is 44.3 Å². The molecule has 0 bridgehead atoms. The van der Waals surface area contributed by atoms with Crippen molar-refractivity contribution in [3.8, 4) is 0 Å². The number of likely N-dealkylation sites (tertiary alicyclic amines) is 1. The number of rotatable bonds is 3. The first-order valence-corrected chi connectivity index (χ1v) is 6.07. The van der Waals surface area contributed by atoms with Crippen LogP contribution in [-0.2, 0) is 6.42 Å². The second kappa shape index (κ2) is 5.25. The number of anilines is 1. The topological polar surface area (TPSA) is 55.0 Å². The molecule has 0 spiro atoms. The van der Waals surface area contributed by atoms with E-state index < -0.39 is 0 Å². The van der Waals surface area contributed by atoms with Crippen molar-refractivity contribution in [3.63, 3.8) is 0 Å². The fraction of sp³-hybridized carbons (Fsp3) is 0.667. The fourth-order valence-corrected chi connectivity index (χ4v) is 2.43. The highest BCUT2D eigenvalue weighted by atomic mass is 15.1. The minimum atomic E-state index is 0.713. The van der Waals surface area contributed by atoms with Gasteiger partial charge in [-0.15, -0.1) is 0 Å². The number of hydrogen-bond donors (Lipinski definition) is 1. The molecule has 1 unspecified atom stereocenters. The lowest BCUT2D eigenvalue weighted by Gasteiger charge is -2.31. The normalized spacial score (nSPS) is 22.2. The summed E-state index contributed by atoms with van der Waals surface area (Å²) in [5, 5.41) is 8.04. The molecule has 1 aliphatic heterocycles. The molecule has 1 atom stereocenters. The molecule has 0 saturated carbocycles. The van der Waals surface area contributed by atoms with Crippen LogP contribution in [0.5, 0.6) is 0 Å². The molecule has 0 aliphatic carbocycles. The molecule has 16 heavy (non-hydrogen) atoms. The number of hydrogen-bond acceptors (Lipinski definition) is 4. The van der Waals surface area contributed by atoms with Gasteiger partial charge in [-0.2, -0.15) is 10.2 Å². The van der Waals surface area contributed by atoms with E-state index in [0.717, 1.165) is 18.7 Å². The van der Waals surface area contributed by atoms with Gasteiger partial charge in [0.05, 0.1) is 17.6 Å². The number of piperidine rings is 1. The van der Waals surface area contributed by atoms with Crippen LogP contribution < -0.4 is 5.73 Å². The quantitative estimate of drug-likeness (QED) is 0.835. The lowest BCUT2D eigenvalue weighted by Crippen LogP contribution is -2.36. The van der Waals surface area contributed by atoms with Crippen molar-refractivity contribution in [1.82, 2.24) is 15.1 Å². The summed E-state index contributed by atoms with van der Waals surface area (Å²) in [7, 11) is 0. The second-order valence-electron chi connectivity index (χ2n) is 4.59. The van der Waals surface area contributed by atoms with Crippen molar-refractivity contribution in [3.05, 3.63) is 18.0 Å². The summed E-state index contributed by atoms with van der Waals surface area (Å²) >= 11 is 0. The standard InChI is InChI=1S/C12H20N4/c1-2-16-5-3-4-10(9-16)6-12-7-11(13)8-14-15-12/h7-8,10H,2-6,9H2,1H3,(H2,13,15). The number of nitrogen functional groups attached to an aromatic ring is 1. The Morgan fingerprint density at radius 2 is 2.44 bits per heavy atom. The number of aromatic nitrogens is 2. The zero-order chi connectivity index (χ0) is 11.4. The molecule has 1 fully saturated rings. The Morgan fingerprint density at radius 1 is 1.56 bits per heavy atom. The van der Waals surface area contributed by atoms with E-state index in [2.05, 4.69) is 22.0 Å². The van der Waals surface area contributed by atoms with E-state index in [1.165, 1.54) is 25.9 Å². The van der Waals surface area contributed by atoms with Crippen molar-refractivity contribution in [2.24, 2.45) is 5.92 Å². The van der Waals surface area contributed by atoms with Crippen LogP contribution in [0.1, 0.15) is 25.5 Å². The molecular formula is C12H20N4.